The van der Waals surface area contributed by atoms with E-state index in [2.05, 4.69) is 0 Å². The fourth-order valence-corrected chi connectivity index (χ4v) is 2.06. The predicted octanol–water partition coefficient (Wildman–Crippen LogP) is 4.09. The van der Waals surface area contributed by atoms with E-state index in [0.717, 1.165) is 6.92 Å². The van der Waals surface area contributed by atoms with E-state index in [4.69, 9.17) is 5.11 Å². The maximum absolute atomic E-state index is 13.3. The number of hydrogen-bond donors (Lipinski definition) is 1. The third kappa shape index (κ3) is 3.20. The van der Waals surface area contributed by atoms with Gasteiger partial charge in [-0.25, -0.2) is 13.6 Å². The van der Waals surface area contributed by atoms with E-state index in [9.17, 15) is 13.6 Å². The van der Waals surface area contributed by atoms with Gasteiger partial charge in [-0.1, -0.05) is 36.4 Å². The van der Waals surface area contributed by atoms with Crippen LogP contribution in [0.5, 0.6) is 0 Å². The zero-order valence-corrected chi connectivity index (χ0v) is 10.9. The average molecular weight is 276 g/mol. The van der Waals surface area contributed by atoms with E-state index < -0.39 is 11.9 Å². The summed E-state index contributed by atoms with van der Waals surface area (Å²) in [6.07, 6.45) is 0.312. The Hall–Kier alpha value is -2.23. The number of rotatable bonds is 4. The van der Waals surface area contributed by atoms with Crippen molar-refractivity contribution in [3.05, 3.63) is 70.8 Å². The van der Waals surface area contributed by atoms with Gasteiger partial charge in [-0.15, -0.1) is 0 Å². The first-order valence-electron chi connectivity index (χ1n) is 6.16. The fraction of sp³-hybridized carbons (Fsp3) is 0.188. The molecule has 0 aromatic heterocycles. The van der Waals surface area contributed by atoms with Crippen LogP contribution in [0.2, 0.25) is 0 Å². The Labute approximate surface area is 115 Å². The monoisotopic (exact) mass is 276 g/mol. The van der Waals surface area contributed by atoms with Gasteiger partial charge in [-0.2, -0.15) is 0 Å². The fourth-order valence-electron chi connectivity index (χ4n) is 2.06. The highest BCUT2D eigenvalue weighted by Crippen LogP contribution is 2.28. The van der Waals surface area contributed by atoms with Gasteiger partial charge in [0.05, 0.1) is 5.56 Å². The number of carboxylic acids is 1. The summed E-state index contributed by atoms with van der Waals surface area (Å²) < 4.78 is 26.6. The molecule has 0 spiro atoms. The first-order chi connectivity index (χ1) is 9.38. The van der Waals surface area contributed by atoms with Crippen molar-refractivity contribution in [3.8, 4) is 0 Å². The highest BCUT2D eigenvalue weighted by molar-refractivity contribution is 5.89. The lowest BCUT2D eigenvalue weighted by Crippen LogP contribution is -2.08. The Balaban J connectivity index is 2.34. The Morgan fingerprint density at radius 2 is 1.85 bits per heavy atom. The molecule has 0 aliphatic heterocycles. The average Bonchev–Trinajstić information content (AvgIpc) is 2.38. The van der Waals surface area contributed by atoms with Crippen LogP contribution >= 0.6 is 0 Å². The van der Waals surface area contributed by atoms with Gasteiger partial charge < -0.3 is 5.11 Å². The summed E-state index contributed by atoms with van der Waals surface area (Å²) in [6, 6.07) is 12.6. The van der Waals surface area contributed by atoms with Gasteiger partial charge in [0.1, 0.15) is 0 Å². The second-order valence-electron chi connectivity index (χ2n) is 4.73. The lowest BCUT2D eigenvalue weighted by atomic mass is 9.97. The van der Waals surface area contributed by atoms with Crippen molar-refractivity contribution in [1.29, 1.82) is 0 Å². The van der Waals surface area contributed by atoms with Crippen LogP contribution in [0, 0.1) is 0 Å². The lowest BCUT2D eigenvalue weighted by Gasteiger charge is -2.12. The molecule has 0 aliphatic rings. The predicted molar refractivity (Wildman–Crippen MR) is 72.2 cm³/mol. The Kier molecular flexibility index (Phi) is 3.84. The Bertz CT molecular complexity index is 630. The lowest BCUT2D eigenvalue weighted by molar-refractivity contribution is 0.0174. The molecule has 4 heteroatoms. The van der Waals surface area contributed by atoms with E-state index in [1.54, 1.807) is 30.3 Å². The maximum atomic E-state index is 13.3. The topological polar surface area (TPSA) is 37.3 Å². The van der Waals surface area contributed by atoms with Crippen molar-refractivity contribution in [3.63, 3.8) is 0 Å². The van der Waals surface area contributed by atoms with Crippen molar-refractivity contribution in [2.75, 3.05) is 0 Å². The maximum Gasteiger partial charge on any atom is 0.335 e. The minimum Gasteiger partial charge on any atom is -0.478 e. The van der Waals surface area contributed by atoms with Crippen LogP contribution in [0.15, 0.2) is 48.5 Å². The molecule has 2 nitrogen and oxygen atoms in total. The van der Waals surface area contributed by atoms with Gasteiger partial charge in [-0.05, 0) is 29.7 Å². The number of halogens is 2. The largest absolute Gasteiger partial charge is 0.478 e. The molecule has 104 valence electrons. The molecule has 0 fully saturated rings. The minimum absolute atomic E-state index is 0.0668. The molecular weight excluding hydrogens is 262 g/mol. The summed E-state index contributed by atoms with van der Waals surface area (Å²) in [5.74, 6) is -3.92. The molecule has 0 unspecified atom stereocenters. The molecule has 0 saturated carbocycles. The zero-order valence-electron chi connectivity index (χ0n) is 10.9. The molecule has 0 atom stereocenters. The Morgan fingerprint density at radius 1 is 1.15 bits per heavy atom. The smallest absolute Gasteiger partial charge is 0.335 e. The van der Waals surface area contributed by atoms with Crippen LogP contribution in [-0.4, -0.2) is 11.1 Å². The van der Waals surface area contributed by atoms with Gasteiger partial charge in [0.25, 0.3) is 5.92 Å². The number of benzene rings is 2. The summed E-state index contributed by atoms with van der Waals surface area (Å²) in [6.45, 7) is 0.845. The number of hydrogen-bond acceptors (Lipinski definition) is 1. The molecule has 0 amide bonds. The quantitative estimate of drug-likeness (QED) is 0.913. The normalized spacial score (nSPS) is 11.3. The standard InChI is InChI=1S/C16H14F2O2/c1-16(17,18)13-7-4-5-11(10-13)9-12-6-2-3-8-14(12)15(19)20/h2-8,10H,9H2,1H3,(H,19,20). The number of aromatic carboxylic acids is 1. The number of carbonyl (C=O) groups is 1. The van der Waals surface area contributed by atoms with E-state index in [0.29, 0.717) is 17.5 Å². The van der Waals surface area contributed by atoms with Crippen LogP contribution < -0.4 is 0 Å². The summed E-state index contributed by atoms with van der Waals surface area (Å²) in [7, 11) is 0. The molecule has 0 aliphatic carbocycles. The summed E-state index contributed by atoms with van der Waals surface area (Å²) in [5.41, 5.74) is 1.40. The van der Waals surface area contributed by atoms with Crippen molar-refractivity contribution >= 4 is 5.97 Å². The molecule has 2 aromatic carbocycles. The molecule has 0 radical (unpaired) electrons. The van der Waals surface area contributed by atoms with Gasteiger partial charge in [0.15, 0.2) is 0 Å². The minimum atomic E-state index is -2.90. The molecule has 0 bridgehead atoms. The van der Waals surface area contributed by atoms with Gasteiger partial charge in [0.2, 0.25) is 0 Å². The third-order valence-electron chi connectivity index (χ3n) is 3.08. The van der Waals surface area contributed by atoms with Crippen LogP contribution in [0.3, 0.4) is 0 Å². The van der Waals surface area contributed by atoms with Crippen molar-refractivity contribution in [2.45, 2.75) is 19.3 Å². The first kappa shape index (κ1) is 14.2. The van der Waals surface area contributed by atoms with E-state index >= 15 is 0 Å². The van der Waals surface area contributed by atoms with Crippen LogP contribution in [-0.2, 0) is 12.3 Å². The van der Waals surface area contributed by atoms with E-state index in [-0.39, 0.29) is 11.1 Å². The SMILES string of the molecule is CC(F)(F)c1cccc(Cc2ccccc2C(=O)O)c1. The summed E-state index contributed by atoms with van der Waals surface area (Å²) in [4.78, 5) is 11.1. The second kappa shape index (κ2) is 5.41. The highest BCUT2D eigenvalue weighted by atomic mass is 19.3. The van der Waals surface area contributed by atoms with Crippen LogP contribution in [0.25, 0.3) is 0 Å². The Morgan fingerprint density at radius 3 is 2.50 bits per heavy atom. The van der Waals surface area contributed by atoms with Gasteiger partial charge >= 0.3 is 5.97 Å². The number of carboxylic acid groups (broad SMARTS) is 1. The van der Waals surface area contributed by atoms with Crippen molar-refractivity contribution < 1.29 is 18.7 Å². The number of alkyl halides is 2. The summed E-state index contributed by atoms with van der Waals surface area (Å²) in [5, 5.41) is 9.11. The molecule has 2 aromatic rings. The van der Waals surface area contributed by atoms with Gasteiger partial charge in [-0.3, -0.25) is 0 Å². The second-order valence-corrected chi connectivity index (χ2v) is 4.73. The summed E-state index contributed by atoms with van der Waals surface area (Å²) >= 11 is 0. The van der Waals surface area contributed by atoms with Gasteiger partial charge in [0, 0.05) is 12.5 Å². The van der Waals surface area contributed by atoms with E-state index in [1.807, 2.05) is 0 Å². The van der Waals surface area contributed by atoms with Crippen molar-refractivity contribution in [1.82, 2.24) is 0 Å². The molecule has 2 rings (SSSR count). The van der Waals surface area contributed by atoms with Crippen LogP contribution in [0.4, 0.5) is 8.78 Å². The van der Waals surface area contributed by atoms with Crippen molar-refractivity contribution in [2.24, 2.45) is 0 Å². The van der Waals surface area contributed by atoms with Crippen LogP contribution in [0.1, 0.15) is 34.0 Å². The first-order valence-corrected chi connectivity index (χ1v) is 6.16. The molecular formula is C16H14F2O2. The third-order valence-corrected chi connectivity index (χ3v) is 3.08. The highest BCUT2D eigenvalue weighted by Gasteiger charge is 2.24. The molecule has 0 heterocycles. The molecule has 1 N–H and O–H groups in total. The van der Waals surface area contributed by atoms with E-state index in [1.165, 1.54) is 18.2 Å². The molecule has 20 heavy (non-hydrogen) atoms. The zero-order chi connectivity index (χ0) is 14.8. The molecule has 0 saturated heterocycles.